The second kappa shape index (κ2) is 6.31. The van der Waals surface area contributed by atoms with Crippen LogP contribution in [0, 0.1) is 0 Å². The summed E-state index contributed by atoms with van der Waals surface area (Å²) in [6, 6.07) is 7.27. The average Bonchev–Trinajstić information content (AvgIpc) is 2.38. The molecule has 0 saturated carbocycles. The molecule has 5 heteroatoms. The molecule has 0 aliphatic carbocycles. The van der Waals surface area contributed by atoms with Crippen molar-refractivity contribution in [1.29, 1.82) is 0 Å². The van der Waals surface area contributed by atoms with Gasteiger partial charge >= 0.3 is 0 Å². The molecule has 1 aromatic carbocycles. The summed E-state index contributed by atoms with van der Waals surface area (Å²) in [4.78, 5) is 0.356. The zero-order valence-electron chi connectivity index (χ0n) is 11.5. The van der Waals surface area contributed by atoms with Crippen LogP contribution in [-0.2, 0) is 10.0 Å². The molecule has 102 valence electrons. The van der Waals surface area contributed by atoms with E-state index in [-0.39, 0.29) is 6.04 Å². The second-order valence-corrected chi connectivity index (χ2v) is 6.32. The van der Waals surface area contributed by atoms with Gasteiger partial charge in [-0.3, -0.25) is 0 Å². The van der Waals surface area contributed by atoms with E-state index in [0.29, 0.717) is 11.4 Å². The molecule has 1 unspecified atom stereocenters. The van der Waals surface area contributed by atoms with E-state index in [0.717, 1.165) is 12.1 Å². The van der Waals surface area contributed by atoms with Crippen molar-refractivity contribution in [2.75, 3.05) is 20.1 Å². The van der Waals surface area contributed by atoms with Gasteiger partial charge in [0.15, 0.2) is 0 Å². The SMILES string of the molecule is CCNC(C)c1cccc(S(=O)(=O)N(C)CC)c1. The Hall–Kier alpha value is -0.910. The highest BCUT2D eigenvalue weighted by Crippen LogP contribution is 2.19. The molecular weight excluding hydrogens is 248 g/mol. The highest BCUT2D eigenvalue weighted by molar-refractivity contribution is 7.89. The van der Waals surface area contributed by atoms with Gasteiger partial charge in [0, 0.05) is 19.6 Å². The van der Waals surface area contributed by atoms with Gasteiger partial charge < -0.3 is 5.32 Å². The van der Waals surface area contributed by atoms with Crippen molar-refractivity contribution in [2.45, 2.75) is 31.7 Å². The normalized spacial score (nSPS) is 13.8. The molecule has 0 aliphatic rings. The maximum absolute atomic E-state index is 12.2. The largest absolute Gasteiger partial charge is 0.310 e. The van der Waals surface area contributed by atoms with Crippen molar-refractivity contribution in [2.24, 2.45) is 0 Å². The molecule has 1 N–H and O–H groups in total. The van der Waals surface area contributed by atoms with Gasteiger partial charge in [-0.15, -0.1) is 0 Å². The van der Waals surface area contributed by atoms with Gasteiger partial charge in [-0.25, -0.2) is 12.7 Å². The van der Waals surface area contributed by atoms with Crippen molar-refractivity contribution in [1.82, 2.24) is 9.62 Å². The predicted octanol–water partition coefficient (Wildman–Crippen LogP) is 2.00. The lowest BCUT2D eigenvalue weighted by atomic mass is 10.1. The Bertz CT molecular complexity index is 486. The summed E-state index contributed by atoms with van der Waals surface area (Å²) < 4.78 is 25.8. The Morgan fingerprint density at radius 1 is 1.33 bits per heavy atom. The molecule has 0 fully saturated rings. The second-order valence-electron chi connectivity index (χ2n) is 4.27. The average molecular weight is 270 g/mol. The summed E-state index contributed by atoms with van der Waals surface area (Å²) >= 11 is 0. The summed E-state index contributed by atoms with van der Waals surface area (Å²) in [7, 11) is -1.76. The van der Waals surface area contributed by atoms with Crippen molar-refractivity contribution in [3.63, 3.8) is 0 Å². The van der Waals surface area contributed by atoms with E-state index in [2.05, 4.69) is 5.32 Å². The van der Waals surface area contributed by atoms with Crippen LogP contribution in [-0.4, -0.2) is 32.9 Å². The molecule has 1 aromatic rings. The first-order chi connectivity index (χ1) is 8.43. The number of nitrogens with one attached hydrogen (secondary N) is 1. The van der Waals surface area contributed by atoms with Crippen molar-refractivity contribution in [3.8, 4) is 0 Å². The molecule has 0 heterocycles. The molecule has 0 amide bonds. The van der Waals surface area contributed by atoms with Crippen LogP contribution in [0.15, 0.2) is 29.2 Å². The summed E-state index contributed by atoms with van der Waals surface area (Å²) in [6.45, 7) is 7.20. The number of sulfonamides is 1. The van der Waals surface area contributed by atoms with Crippen LogP contribution in [0.1, 0.15) is 32.4 Å². The van der Waals surface area contributed by atoms with Crippen LogP contribution in [0.5, 0.6) is 0 Å². The molecule has 0 aromatic heterocycles. The Morgan fingerprint density at radius 2 is 2.00 bits per heavy atom. The van der Waals surface area contributed by atoms with Crippen LogP contribution in [0.4, 0.5) is 0 Å². The minimum atomic E-state index is -3.35. The standard InChI is InChI=1S/C13H22N2O2S/c1-5-14-11(3)12-8-7-9-13(10-12)18(16,17)15(4)6-2/h7-11,14H,5-6H2,1-4H3. The number of nitrogens with zero attached hydrogens (tertiary/aromatic N) is 1. The third kappa shape index (κ3) is 3.31. The topological polar surface area (TPSA) is 49.4 Å². The van der Waals surface area contributed by atoms with Gasteiger partial charge in [0.25, 0.3) is 0 Å². The molecule has 1 rings (SSSR count). The zero-order chi connectivity index (χ0) is 13.8. The highest BCUT2D eigenvalue weighted by Gasteiger charge is 2.19. The molecule has 1 atom stereocenters. The first-order valence-corrected chi connectivity index (χ1v) is 7.67. The maximum atomic E-state index is 12.2. The Kier molecular flexibility index (Phi) is 5.31. The summed E-state index contributed by atoms with van der Waals surface area (Å²) in [6.07, 6.45) is 0. The predicted molar refractivity (Wildman–Crippen MR) is 74.0 cm³/mol. The molecule has 0 spiro atoms. The molecular formula is C13H22N2O2S. The minimum Gasteiger partial charge on any atom is -0.310 e. The van der Waals surface area contributed by atoms with E-state index in [9.17, 15) is 8.42 Å². The fourth-order valence-electron chi connectivity index (χ4n) is 1.72. The van der Waals surface area contributed by atoms with Crippen LogP contribution in [0.25, 0.3) is 0 Å². The van der Waals surface area contributed by atoms with E-state index >= 15 is 0 Å². The van der Waals surface area contributed by atoms with Gasteiger partial charge in [0.1, 0.15) is 0 Å². The molecule has 0 saturated heterocycles. The Balaban J connectivity index is 3.09. The van der Waals surface area contributed by atoms with Crippen molar-refractivity contribution >= 4 is 10.0 Å². The Morgan fingerprint density at radius 3 is 2.56 bits per heavy atom. The van der Waals surface area contributed by atoms with Crippen LogP contribution in [0.3, 0.4) is 0 Å². The third-order valence-corrected chi connectivity index (χ3v) is 4.95. The van der Waals surface area contributed by atoms with E-state index < -0.39 is 10.0 Å². The van der Waals surface area contributed by atoms with Gasteiger partial charge in [0.2, 0.25) is 10.0 Å². The summed E-state index contributed by atoms with van der Waals surface area (Å²) in [5.74, 6) is 0. The lowest BCUT2D eigenvalue weighted by molar-refractivity contribution is 0.486. The maximum Gasteiger partial charge on any atom is 0.242 e. The van der Waals surface area contributed by atoms with Crippen LogP contribution >= 0.6 is 0 Å². The fraction of sp³-hybridized carbons (Fsp3) is 0.538. The number of hydrogen-bond donors (Lipinski definition) is 1. The minimum absolute atomic E-state index is 0.150. The molecule has 0 bridgehead atoms. The molecule has 4 nitrogen and oxygen atoms in total. The van der Waals surface area contributed by atoms with Gasteiger partial charge in [-0.2, -0.15) is 0 Å². The van der Waals surface area contributed by atoms with Crippen LogP contribution in [0.2, 0.25) is 0 Å². The van der Waals surface area contributed by atoms with E-state index in [1.165, 1.54) is 4.31 Å². The van der Waals surface area contributed by atoms with Crippen molar-refractivity contribution in [3.05, 3.63) is 29.8 Å². The monoisotopic (exact) mass is 270 g/mol. The highest BCUT2D eigenvalue weighted by atomic mass is 32.2. The Labute approximate surface area is 110 Å². The van der Waals surface area contributed by atoms with E-state index in [1.807, 2.05) is 26.8 Å². The van der Waals surface area contributed by atoms with Gasteiger partial charge in [0.05, 0.1) is 4.90 Å². The first kappa shape index (κ1) is 15.1. The lowest BCUT2D eigenvalue weighted by Gasteiger charge is -2.17. The van der Waals surface area contributed by atoms with Crippen LogP contribution < -0.4 is 5.32 Å². The number of benzene rings is 1. The molecule has 18 heavy (non-hydrogen) atoms. The van der Waals surface area contributed by atoms with Crippen molar-refractivity contribution < 1.29 is 8.42 Å². The molecule has 0 aliphatic heterocycles. The van der Waals surface area contributed by atoms with E-state index in [1.54, 1.807) is 25.2 Å². The number of hydrogen-bond acceptors (Lipinski definition) is 3. The lowest BCUT2D eigenvalue weighted by Crippen LogP contribution is -2.27. The summed E-state index contributed by atoms with van der Waals surface area (Å²) in [5, 5.41) is 3.28. The van der Waals surface area contributed by atoms with Gasteiger partial charge in [-0.05, 0) is 31.2 Å². The smallest absolute Gasteiger partial charge is 0.242 e. The fourth-order valence-corrected chi connectivity index (χ4v) is 2.95. The third-order valence-electron chi connectivity index (χ3n) is 3.02. The molecule has 0 radical (unpaired) electrons. The summed E-state index contributed by atoms with van der Waals surface area (Å²) in [5.41, 5.74) is 0.988. The first-order valence-electron chi connectivity index (χ1n) is 6.23. The van der Waals surface area contributed by atoms with E-state index in [4.69, 9.17) is 0 Å². The van der Waals surface area contributed by atoms with Gasteiger partial charge in [-0.1, -0.05) is 26.0 Å². The zero-order valence-corrected chi connectivity index (χ0v) is 12.3. The number of rotatable bonds is 6. The quantitative estimate of drug-likeness (QED) is 0.860.